The Labute approximate surface area is 78.2 Å². The molecule has 3 heteroatoms. The topological polar surface area (TPSA) is 29.1 Å². The van der Waals surface area contributed by atoms with Gasteiger partial charge in [0.05, 0.1) is 0 Å². The molecule has 0 aliphatic heterocycles. The summed E-state index contributed by atoms with van der Waals surface area (Å²) < 4.78 is 13.0. The van der Waals surface area contributed by atoms with Crippen molar-refractivity contribution in [3.05, 3.63) is 11.4 Å². The largest absolute Gasteiger partial charge is 0.348 e. The number of allylic oxidation sites excluding steroid dienone is 1. The van der Waals surface area contributed by atoms with Crippen molar-refractivity contribution in [1.82, 2.24) is 5.32 Å². The fourth-order valence-electron chi connectivity index (χ4n) is 1.36. The molecule has 0 saturated heterocycles. The lowest BCUT2D eigenvalue weighted by molar-refractivity contribution is -0.119. The van der Waals surface area contributed by atoms with E-state index in [9.17, 15) is 9.18 Å². The third-order valence-corrected chi connectivity index (χ3v) is 1.91. The molecule has 1 N–H and O–H groups in total. The van der Waals surface area contributed by atoms with Crippen molar-refractivity contribution in [2.75, 3.05) is 0 Å². The minimum Gasteiger partial charge on any atom is -0.348 e. The van der Waals surface area contributed by atoms with Gasteiger partial charge in [0.2, 0.25) is 5.91 Å². The zero-order chi connectivity index (χ0) is 10.1. The van der Waals surface area contributed by atoms with Crippen molar-refractivity contribution in [2.24, 2.45) is 0 Å². The summed E-state index contributed by atoms with van der Waals surface area (Å²) in [6, 6.07) is 0. The predicted octanol–water partition coefficient (Wildman–Crippen LogP) is 2.31. The standard InChI is InChI=1S/C10H16FNO/c1-10(2,3)12-9(13)7-5-4-6-8(7)11/h4-6H2,1-3H3,(H,12,13). The van der Waals surface area contributed by atoms with Gasteiger partial charge in [-0.1, -0.05) is 0 Å². The zero-order valence-electron chi connectivity index (χ0n) is 8.41. The minimum atomic E-state index is -0.285. The fraction of sp³-hybridized carbons (Fsp3) is 0.700. The number of hydrogen-bond donors (Lipinski definition) is 1. The Kier molecular flexibility index (Phi) is 2.74. The lowest BCUT2D eigenvalue weighted by Crippen LogP contribution is -2.41. The lowest BCUT2D eigenvalue weighted by atomic mass is 10.1. The van der Waals surface area contributed by atoms with Crippen LogP contribution in [0, 0.1) is 0 Å². The molecule has 2 nitrogen and oxygen atoms in total. The Morgan fingerprint density at radius 1 is 1.38 bits per heavy atom. The van der Waals surface area contributed by atoms with Crippen molar-refractivity contribution in [3.63, 3.8) is 0 Å². The van der Waals surface area contributed by atoms with Crippen LogP contribution >= 0.6 is 0 Å². The second-order valence-electron chi connectivity index (χ2n) is 4.44. The van der Waals surface area contributed by atoms with Crippen LogP contribution in [-0.4, -0.2) is 11.4 Å². The van der Waals surface area contributed by atoms with Gasteiger partial charge in [-0.3, -0.25) is 4.79 Å². The Bertz CT molecular complexity index is 250. The number of carbonyl (C=O) groups excluding carboxylic acids is 1. The second-order valence-corrected chi connectivity index (χ2v) is 4.44. The van der Waals surface area contributed by atoms with Crippen LogP contribution in [0.25, 0.3) is 0 Å². The van der Waals surface area contributed by atoms with Crippen molar-refractivity contribution in [1.29, 1.82) is 0 Å². The Morgan fingerprint density at radius 2 is 2.00 bits per heavy atom. The first kappa shape index (κ1) is 10.2. The highest BCUT2D eigenvalue weighted by Gasteiger charge is 2.23. The molecule has 0 bridgehead atoms. The maximum absolute atomic E-state index is 13.0. The summed E-state index contributed by atoms with van der Waals surface area (Å²) in [5.41, 5.74) is 0.0578. The fourth-order valence-corrected chi connectivity index (χ4v) is 1.36. The van der Waals surface area contributed by atoms with E-state index in [0.29, 0.717) is 18.4 Å². The Balaban J connectivity index is 2.64. The van der Waals surface area contributed by atoms with Crippen LogP contribution in [0.3, 0.4) is 0 Å². The van der Waals surface area contributed by atoms with E-state index < -0.39 is 0 Å². The van der Waals surface area contributed by atoms with Crippen molar-refractivity contribution >= 4 is 5.91 Å². The first-order valence-corrected chi connectivity index (χ1v) is 4.60. The molecule has 0 radical (unpaired) electrons. The maximum atomic E-state index is 13.0. The highest BCUT2D eigenvalue weighted by atomic mass is 19.1. The number of amides is 1. The molecule has 74 valence electrons. The zero-order valence-corrected chi connectivity index (χ0v) is 8.41. The quantitative estimate of drug-likeness (QED) is 0.667. The van der Waals surface area contributed by atoms with E-state index in [4.69, 9.17) is 0 Å². The molecule has 0 aromatic rings. The summed E-state index contributed by atoms with van der Waals surface area (Å²) in [6.07, 6.45) is 1.76. The number of nitrogens with one attached hydrogen (secondary N) is 1. The van der Waals surface area contributed by atoms with Gasteiger partial charge in [0.1, 0.15) is 5.83 Å². The van der Waals surface area contributed by atoms with Gasteiger partial charge in [0.15, 0.2) is 0 Å². The first-order chi connectivity index (χ1) is 5.90. The third kappa shape index (κ3) is 2.83. The SMILES string of the molecule is CC(C)(C)NC(=O)C1=C(F)CCC1. The number of rotatable bonds is 1. The highest BCUT2D eigenvalue weighted by Crippen LogP contribution is 2.27. The molecular weight excluding hydrogens is 169 g/mol. The average molecular weight is 185 g/mol. The van der Waals surface area contributed by atoms with E-state index in [1.54, 1.807) is 0 Å². The Hall–Kier alpha value is -0.860. The summed E-state index contributed by atoms with van der Waals surface area (Å²) in [4.78, 5) is 11.5. The molecule has 0 unspecified atom stereocenters. The molecule has 1 aliphatic carbocycles. The van der Waals surface area contributed by atoms with Crippen LogP contribution in [0.2, 0.25) is 0 Å². The number of halogens is 1. The average Bonchev–Trinajstić information content (AvgIpc) is 2.30. The summed E-state index contributed by atoms with van der Waals surface area (Å²) in [5.74, 6) is -0.482. The van der Waals surface area contributed by atoms with Gasteiger partial charge in [-0.2, -0.15) is 0 Å². The molecule has 1 rings (SSSR count). The van der Waals surface area contributed by atoms with Crippen molar-refractivity contribution in [3.8, 4) is 0 Å². The van der Waals surface area contributed by atoms with Gasteiger partial charge in [-0.15, -0.1) is 0 Å². The summed E-state index contributed by atoms with van der Waals surface area (Å²) in [6.45, 7) is 5.66. The van der Waals surface area contributed by atoms with E-state index in [2.05, 4.69) is 5.32 Å². The summed E-state index contributed by atoms with van der Waals surface area (Å²) in [5, 5.41) is 2.75. The van der Waals surface area contributed by atoms with Crippen LogP contribution in [0.1, 0.15) is 40.0 Å². The van der Waals surface area contributed by atoms with Gasteiger partial charge in [-0.25, -0.2) is 4.39 Å². The molecule has 0 atom stereocenters. The Morgan fingerprint density at radius 3 is 2.38 bits per heavy atom. The molecule has 1 aliphatic rings. The summed E-state index contributed by atoms with van der Waals surface area (Å²) in [7, 11) is 0. The molecule has 0 heterocycles. The molecular formula is C10H16FNO. The second kappa shape index (κ2) is 3.48. The van der Waals surface area contributed by atoms with Crippen molar-refractivity contribution < 1.29 is 9.18 Å². The van der Waals surface area contributed by atoms with Crippen LogP contribution in [0.4, 0.5) is 4.39 Å². The maximum Gasteiger partial charge on any atom is 0.250 e. The van der Waals surface area contributed by atoms with Crippen molar-refractivity contribution in [2.45, 2.75) is 45.6 Å². The van der Waals surface area contributed by atoms with Gasteiger partial charge in [0, 0.05) is 11.1 Å². The van der Waals surface area contributed by atoms with Gasteiger partial charge >= 0.3 is 0 Å². The molecule has 0 fully saturated rings. The monoisotopic (exact) mass is 185 g/mol. The van der Waals surface area contributed by atoms with Gasteiger partial charge < -0.3 is 5.32 Å². The van der Waals surface area contributed by atoms with E-state index in [-0.39, 0.29) is 17.3 Å². The van der Waals surface area contributed by atoms with Crippen LogP contribution in [-0.2, 0) is 4.79 Å². The van der Waals surface area contributed by atoms with E-state index in [1.165, 1.54) is 0 Å². The minimum absolute atomic E-state index is 0.234. The van der Waals surface area contributed by atoms with E-state index in [0.717, 1.165) is 6.42 Å². The smallest absolute Gasteiger partial charge is 0.250 e. The molecule has 0 aromatic heterocycles. The first-order valence-electron chi connectivity index (χ1n) is 4.60. The molecule has 0 aromatic carbocycles. The lowest BCUT2D eigenvalue weighted by Gasteiger charge is -2.20. The number of carbonyl (C=O) groups is 1. The van der Waals surface area contributed by atoms with E-state index in [1.807, 2.05) is 20.8 Å². The normalized spacial score (nSPS) is 17.8. The van der Waals surface area contributed by atoms with E-state index >= 15 is 0 Å². The van der Waals surface area contributed by atoms with Gasteiger partial charge in [-0.05, 0) is 40.0 Å². The van der Waals surface area contributed by atoms with Gasteiger partial charge in [0.25, 0.3) is 0 Å². The molecule has 1 amide bonds. The van der Waals surface area contributed by atoms with Crippen LogP contribution in [0.15, 0.2) is 11.4 Å². The third-order valence-electron chi connectivity index (χ3n) is 1.91. The summed E-state index contributed by atoms with van der Waals surface area (Å²) >= 11 is 0. The molecule has 0 spiro atoms. The molecule has 13 heavy (non-hydrogen) atoms. The highest BCUT2D eigenvalue weighted by molar-refractivity contribution is 5.94. The number of hydrogen-bond acceptors (Lipinski definition) is 1. The molecule has 0 saturated carbocycles. The van der Waals surface area contributed by atoms with Crippen LogP contribution < -0.4 is 5.32 Å². The van der Waals surface area contributed by atoms with Crippen LogP contribution in [0.5, 0.6) is 0 Å². The predicted molar refractivity (Wildman–Crippen MR) is 49.9 cm³/mol.